The van der Waals surface area contributed by atoms with Crippen molar-refractivity contribution in [3.63, 3.8) is 0 Å². The molecule has 0 aromatic heterocycles. The highest BCUT2D eigenvalue weighted by Gasteiger charge is 2.27. The molecule has 1 aliphatic carbocycles. The van der Waals surface area contributed by atoms with Gasteiger partial charge in [0.05, 0.1) is 5.41 Å². The van der Waals surface area contributed by atoms with Crippen LogP contribution in [0.2, 0.25) is 0 Å². The van der Waals surface area contributed by atoms with Crippen LogP contribution in [-0.2, 0) is 4.79 Å². The Balaban J connectivity index is 2.11. The standard InChI is InChI=1S/C12H23NO2/c1-12(2,11(14)15)7-4-8-13(3)9-10-5-6-10/h10H,4-9H2,1-3H3,(H,14,15). The molecule has 0 saturated heterocycles. The molecule has 1 aliphatic rings. The summed E-state index contributed by atoms with van der Waals surface area (Å²) >= 11 is 0. The molecule has 0 aromatic carbocycles. The summed E-state index contributed by atoms with van der Waals surface area (Å²) in [7, 11) is 2.13. The van der Waals surface area contributed by atoms with Crippen LogP contribution in [0.15, 0.2) is 0 Å². The van der Waals surface area contributed by atoms with Crippen molar-refractivity contribution in [3.05, 3.63) is 0 Å². The number of carboxylic acid groups (broad SMARTS) is 1. The summed E-state index contributed by atoms with van der Waals surface area (Å²) in [5.41, 5.74) is -0.569. The first-order valence-corrected chi connectivity index (χ1v) is 5.84. The fraction of sp³-hybridized carbons (Fsp3) is 0.917. The lowest BCUT2D eigenvalue weighted by Gasteiger charge is -2.21. The van der Waals surface area contributed by atoms with E-state index in [1.165, 1.54) is 19.4 Å². The van der Waals surface area contributed by atoms with Gasteiger partial charge in [-0.1, -0.05) is 0 Å². The zero-order valence-corrected chi connectivity index (χ0v) is 10.1. The molecule has 1 fully saturated rings. The monoisotopic (exact) mass is 213 g/mol. The minimum absolute atomic E-state index is 0.569. The van der Waals surface area contributed by atoms with E-state index >= 15 is 0 Å². The molecule has 0 atom stereocenters. The van der Waals surface area contributed by atoms with Crippen molar-refractivity contribution in [1.29, 1.82) is 0 Å². The molecule has 0 amide bonds. The summed E-state index contributed by atoms with van der Waals surface area (Å²) in [6.45, 7) is 5.81. The van der Waals surface area contributed by atoms with Crippen LogP contribution in [0.5, 0.6) is 0 Å². The van der Waals surface area contributed by atoms with Gasteiger partial charge in [0.25, 0.3) is 0 Å². The molecule has 0 aliphatic heterocycles. The highest BCUT2D eigenvalue weighted by molar-refractivity contribution is 5.73. The molecule has 0 heterocycles. The fourth-order valence-corrected chi connectivity index (χ4v) is 1.73. The SMILES string of the molecule is CN(CCCC(C)(C)C(=O)O)CC1CC1. The molecule has 1 N–H and O–H groups in total. The second kappa shape index (κ2) is 4.97. The Kier molecular flexibility index (Phi) is 4.14. The zero-order chi connectivity index (χ0) is 11.5. The molecular weight excluding hydrogens is 190 g/mol. The van der Waals surface area contributed by atoms with Gasteiger partial charge in [-0.05, 0) is 59.0 Å². The maximum Gasteiger partial charge on any atom is 0.309 e. The van der Waals surface area contributed by atoms with E-state index in [2.05, 4.69) is 11.9 Å². The van der Waals surface area contributed by atoms with E-state index in [0.29, 0.717) is 0 Å². The van der Waals surface area contributed by atoms with Crippen LogP contribution in [0.25, 0.3) is 0 Å². The topological polar surface area (TPSA) is 40.5 Å². The lowest BCUT2D eigenvalue weighted by atomic mass is 9.88. The first kappa shape index (κ1) is 12.5. The molecule has 0 aromatic rings. The molecule has 0 bridgehead atoms. The van der Waals surface area contributed by atoms with E-state index in [4.69, 9.17) is 5.11 Å². The Morgan fingerprint density at radius 3 is 2.53 bits per heavy atom. The number of rotatable bonds is 7. The van der Waals surface area contributed by atoms with Gasteiger partial charge in [0.15, 0.2) is 0 Å². The van der Waals surface area contributed by atoms with Gasteiger partial charge in [-0.25, -0.2) is 0 Å². The second-order valence-electron chi connectivity index (χ2n) is 5.50. The second-order valence-corrected chi connectivity index (χ2v) is 5.50. The van der Waals surface area contributed by atoms with Crippen molar-refractivity contribution < 1.29 is 9.90 Å². The molecule has 1 rings (SSSR count). The van der Waals surface area contributed by atoms with Gasteiger partial charge in [-0.2, -0.15) is 0 Å². The zero-order valence-electron chi connectivity index (χ0n) is 10.1. The molecule has 0 radical (unpaired) electrons. The summed E-state index contributed by atoms with van der Waals surface area (Å²) < 4.78 is 0. The highest BCUT2D eigenvalue weighted by Crippen LogP contribution is 2.29. The van der Waals surface area contributed by atoms with Crippen molar-refractivity contribution in [2.75, 3.05) is 20.1 Å². The van der Waals surface area contributed by atoms with Gasteiger partial charge >= 0.3 is 5.97 Å². The van der Waals surface area contributed by atoms with Crippen LogP contribution in [0, 0.1) is 11.3 Å². The quantitative estimate of drug-likeness (QED) is 0.705. The Hall–Kier alpha value is -0.570. The maximum absolute atomic E-state index is 10.9. The van der Waals surface area contributed by atoms with Crippen LogP contribution < -0.4 is 0 Å². The molecule has 0 spiro atoms. The average molecular weight is 213 g/mol. The number of carboxylic acids is 1. The lowest BCUT2D eigenvalue weighted by molar-refractivity contribution is -0.147. The summed E-state index contributed by atoms with van der Waals surface area (Å²) in [6, 6.07) is 0. The van der Waals surface area contributed by atoms with E-state index < -0.39 is 11.4 Å². The van der Waals surface area contributed by atoms with Gasteiger partial charge in [0.2, 0.25) is 0 Å². The van der Waals surface area contributed by atoms with Crippen LogP contribution in [-0.4, -0.2) is 36.1 Å². The van der Waals surface area contributed by atoms with E-state index in [9.17, 15) is 4.79 Å². The Labute approximate surface area is 92.5 Å². The van der Waals surface area contributed by atoms with Crippen LogP contribution >= 0.6 is 0 Å². The molecule has 0 unspecified atom stereocenters. The van der Waals surface area contributed by atoms with Gasteiger partial charge in [-0.3, -0.25) is 4.79 Å². The molecule has 1 saturated carbocycles. The smallest absolute Gasteiger partial charge is 0.309 e. The highest BCUT2D eigenvalue weighted by atomic mass is 16.4. The predicted molar refractivity (Wildman–Crippen MR) is 60.9 cm³/mol. The van der Waals surface area contributed by atoms with Crippen molar-refractivity contribution in [3.8, 4) is 0 Å². The van der Waals surface area contributed by atoms with Crippen molar-refractivity contribution >= 4 is 5.97 Å². The number of hydrogen-bond donors (Lipinski definition) is 1. The summed E-state index contributed by atoms with van der Waals surface area (Å²) in [4.78, 5) is 13.2. The number of nitrogens with zero attached hydrogens (tertiary/aromatic N) is 1. The molecule has 15 heavy (non-hydrogen) atoms. The third-order valence-electron chi connectivity index (χ3n) is 3.19. The first-order valence-electron chi connectivity index (χ1n) is 5.84. The normalized spacial score (nSPS) is 17.1. The average Bonchev–Trinajstić information content (AvgIpc) is 2.87. The summed E-state index contributed by atoms with van der Waals surface area (Å²) in [5.74, 6) is 0.231. The van der Waals surface area contributed by atoms with Gasteiger partial charge < -0.3 is 10.0 Å². The third-order valence-corrected chi connectivity index (χ3v) is 3.19. The molecule has 3 nitrogen and oxygen atoms in total. The fourth-order valence-electron chi connectivity index (χ4n) is 1.73. The lowest BCUT2D eigenvalue weighted by Crippen LogP contribution is -2.27. The van der Waals surface area contributed by atoms with E-state index in [1.54, 1.807) is 13.8 Å². The molecule has 3 heteroatoms. The summed E-state index contributed by atoms with van der Waals surface area (Å²) in [5, 5.41) is 8.95. The van der Waals surface area contributed by atoms with Crippen molar-refractivity contribution in [2.24, 2.45) is 11.3 Å². The Bertz CT molecular complexity index is 222. The number of hydrogen-bond acceptors (Lipinski definition) is 2. The number of aliphatic carboxylic acids is 1. The van der Waals surface area contributed by atoms with Crippen LogP contribution in [0.4, 0.5) is 0 Å². The molecular formula is C12H23NO2. The first-order chi connectivity index (χ1) is 6.92. The molecule has 88 valence electrons. The minimum atomic E-state index is -0.688. The predicted octanol–water partition coefficient (Wildman–Crippen LogP) is 2.22. The van der Waals surface area contributed by atoms with E-state index in [0.717, 1.165) is 25.3 Å². The Morgan fingerprint density at radius 2 is 2.07 bits per heavy atom. The minimum Gasteiger partial charge on any atom is -0.481 e. The Morgan fingerprint density at radius 1 is 1.47 bits per heavy atom. The van der Waals surface area contributed by atoms with Gasteiger partial charge in [-0.15, -0.1) is 0 Å². The van der Waals surface area contributed by atoms with Crippen molar-refractivity contribution in [2.45, 2.75) is 39.5 Å². The van der Waals surface area contributed by atoms with Crippen molar-refractivity contribution in [1.82, 2.24) is 4.90 Å². The largest absolute Gasteiger partial charge is 0.481 e. The van der Waals surface area contributed by atoms with E-state index in [1.807, 2.05) is 0 Å². The van der Waals surface area contributed by atoms with Gasteiger partial charge in [0.1, 0.15) is 0 Å². The van der Waals surface area contributed by atoms with Crippen LogP contribution in [0.3, 0.4) is 0 Å². The van der Waals surface area contributed by atoms with E-state index in [-0.39, 0.29) is 0 Å². The maximum atomic E-state index is 10.9. The van der Waals surface area contributed by atoms with Gasteiger partial charge in [0, 0.05) is 6.54 Å². The summed E-state index contributed by atoms with van der Waals surface area (Å²) in [6.07, 6.45) is 4.50. The number of carbonyl (C=O) groups is 1. The third kappa shape index (κ3) is 4.65. The van der Waals surface area contributed by atoms with Crippen LogP contribution in [0.1, 0.15) is 39.5 Å².